The number of benzene rings is 2. The fourth-order valence-electron chi connectivity index (χ4n) is 1.69. The molecular formula is C15H15N. The molecule has 0 spiro atoms. The van der Waals surface area contributed by atoms with Gasteiger partial charge in [-0.25, -0.2) is 0 Å². The molecule has 0 aliphatic heterocycles. The van der Waals surface area contributed by atoms with Crippen molar-refractivity contribution in [1.29, 1.82) is 0 Å². The van der Waals surface area contributed by atoms with Crippen LogP contribution in [-0.2, 0) is 0 Å². The lowest BCUT2D eigenvalue weighted by molar-refractivity contribution is 0.915. The van der Waals surface area contributed by atoms with Crippen LogP contribution in [0.1, 0.15) is 11.6 Å². The van der Waals surface area contributed by atoms with Crippen LogP contribution in [0.2, 0.25) is 0 Å². The van der Waals surface area contributed by atoms with Crippen LogP contribution in [0.25, 0.3) is 11.1 Å². The van der Waals surface area contributed by atoms with Gasteiger partial charge in [0.15, 0.2) is 0 Å². The molecule has 1 atom stereocenters. The van der Waals surface area contributed by atoms with Gasteiger partial charge >= 0.3 is 0 Å². The molecule has 0 heterocycles. The van der Waals surface area contributed by atoms with Crippen LogP contribution in [0.4, 0.5) is 0 Å². The summed E-state index contributed by atoms with van der Waals surface area (Å²) in [6, 6.07) is 18.4. The zero-order valence-corrected chi connectivity index (χ0v) is 9.14. The summed E-state index contributed by atoms with van der Waals surface area (Å²) in [5.41, 5.74) is 9.42. The van der Waals surface area contributed by atoms with Gasteiger partial charge < -0.3 is 5.73 Å². The molecule has 80 valence electrons. The summed E-state index contributed by atoms with van der Waals surface area (Å²) >= 11 is 0. The Morgan fingerprint density at radius 3 is 2.31 bits per heavy atom. The molecule has 0 fully saturated rings. The molecule has 0 unspecified atom stereocenters. The number of nitrogens with two attached hydrogens (primary N) is 1. The van der Waals surface area contributed by atoms with E-state index in [1.54, 1.807) is 6.08 Å². The Labute approximate surface area is 96.2 Å². The summed E-state index contributed by atoms with van der Waals surface area (Å²) in [6.45, 7) is 3.71. The molecule has 2 aromatic carbocycles. The Hall–Kier alpha value is -1.86. The minimum absolute atomic E-state index is 0.0938. The maximum atomic E-state index is 5.92. The van der Waals surface area contributed by atoms with Crippen molar-refractivity contribution < 1.29 is 0 Å². The van der Waals surface area contributed by atoms with Crippen molar-refractivity contribution in [2.75, 3.05) is 0 Å². The highest BCUT2D eigenvalue weighted by Gasteiger charge is 2.02. The van der Waals surface area contributed by atoms with Crippen LogP contribution in [-0.4, -0.2) is 0 Å². The summed E-state index contributed by atoms with van der Waals surface area (Å²) in [4.78, 5) is 0. The fourth-order valence-corrected chi connectivity index (χ4v) is 1.69. The lowest BCUT2D eigenvalue weighted by Crippen LogP contribution is -2.06. The second-order valence-electron chi connectivity index (χ2n) is 3.75. The molecule has 2 aromatic rings. The minimum atomic E-state index is -0.0938. The van der Waals surface area contributed by atoms with Crippen molar-refractivity contribution in [3.8, 4) is 11.1 Å². The van der Waals surface area contributed by atoms with Crippen molar-refractivity contribution in [3.63, 3.8) is 0 Å². The molecule has 0 aliphatic rings. The smallest absolute Gasteiger partial charge is 0.0478 e. The van der Waals surface area contributed by atoms with Gasteiger partial charge in [0.05, 0.1) is 0 Å². The van der Waals surface area contributed by atoms with Crippen LogP contribution in [0.15, 0.2) is 67.3 Å². The highest BCUT2D eigenvalue weighted by molar-refractivity contribution is 5.64. The van der Waals surface area contributed by atoms with Gasteiger partial charge in [0.1, 0.15) is 0 Å². The molecule has 0 amide bonds. The molecule has 2 rings (SSSR count). The van der Waals surface area contributed by atoms with Crippen molar-refractivity contribution in [2.45, 2.75) is 6.04 Å². The highest BCUT2D eigenvalue weighted by atomic mass is 14.6. The monoisotopic (exact) mass is 209 g/mol. The predicted octanol–water partition coefficient (Wildman–Crippen LogP) is 3.54. The fraction of sp³-hybridized carbons (Fsp3) is 0.0667. The molecule has 0 aliphatic carbocycles. The van der Waals surface area contributed by atoms with E-state index in [1.807, 2.05) is 30.3 Å². The molecule has 0 bridgehead atoms. The van der Waals surface area contributed by atoms with E-state index < -0.39 is 0 Å². The molecule has 0 radical (unpaired) electrons. The SMILES string of the molecule is C=C[C@H](N)c1cccc(-c2ccccc2)c1. The van der Waals surface area contributed by atoms with E-state index in [4.69, 9.17) is 5.73 Å². The number of rotatable bonds is 3. The molecule has 0 saturated heterocycles. The zero-order valence-electron chi connectivity index (χ0n) is 9.14. The lowest BCUT2D eigenvalue weighted by atomic mass is 10.00. The molecule has 1 heteroatoms. The van der Waals surface area contributed by atoms with Crippen LogP contribution < -0.4 is 5.73 Å². The number of hydrogen-bond donors (Lipinski definition) is 1. The van der Waals surface area contributed by atoms with Gasteiger partial charge in [0.25, 0.3) is 0 Å². The summed E-state index contributed by atoms with van der Waals surface area (Å²) in [5.74, 6) is 0. The molecule has 0 aromatic heterocycles. The van der Waals surface area contributed by atoms with Gasteiger partial charge in [-0.3, -0.25) is 0 Å². The standard InChI is InChI=1S/C15H15N/c1-2-15(16)14-10-6-9-13(11-14)12-7-4-3-5-8-12/h2-11,15H,1,16H2/t15-/m0/s1. The van der Waals surface area contributed by atoms with E-state index in [9.17, 15) is 0 Å². The van der Waals surface area contributed by atoms with Gasteiger partial charge in [0.2, 0.25) is 0 Å². The van der Waals surface area contributed by atoms with E-state index in [1.165, 1.54) is 11.1 Å². The largest absolute Gasteiger partial charge is 0.321 e. The van der Waals surface area contributed by atoms with Crippen molar-refractivity contribution in [2.24, 2.45) is 5.73 Å². The average Bonchev–Trinajstić information content (AvgIpc) is 2.39. The first-order valence-electron chi connectivity index (χ1n) is 5.35. The molecule has 0 saturated carbocycles. The second kappa shape index (κ2) is 4.77. The van der Waals surface area contributed by atoms with Crippen molar-refractivity contribution in [1.82, 2.24) is 0 Å². The van der Waals surface area contributed by atoms with E-state index >= 15 is 0 Å². The third-order valence-corrected chi connectivity index (χ3v) is 2.63. The first-order valence-corrected chi connectivity index (χ1v) is 5.35. The van der Waals surface area contributed by atoms with Crippen LogP contribution >= 0.6 is 0 Å². The van der Waals surface area contributed by atoms with E-state index in [2.05, 4.69) is 30.8 Å². The van der Waals surface area contributed by atoms with Gasteiger partial charge in [-0.15, -0.1) is 6.58 Å². The zero-order chi connectivity index (χ0) is 11.4. The third-order valence-electron chi connectivity index (χ3n) is 2.63. The molecule has 16 heavy (non-hydrogen) atoms. The lowest BCUT2D eigenvalue weighted by Gasteiger charge is -2.09. The Morgan fingerprint density at radius 2 is 1.62 bits per heavy atom. The molecule has 1 nitrogen and oxygen atoms in total. The summed E-state index contributed by atoms with van der Waals surface area (Å²) in [6.07, 6.45) is 1.75. The average molecular weight is 209 g/mol. The first-order chi connectivity index (χ1) is 7.81. The van der Waals surface area contributed by atoms with Gasteiger partial charge in [-0.2, -0.15) is 0 Å². The Bertz CT molecular complexity index is 474. The number of hydrogen-bond acceptors (Lipinski definition) is 1. The van der Waals surface area contributed by atoms with Gasteiger partial charge in [-0.05, 0) is 22.8 Å². The van der Waals surface area contributed by atoms with Gasteiger partial charge in [0, 0.05) is 6.04 Å². The second-order valence-corrected chi connectivity index (χ2v) is 3.75. The maximum Gasteiger partial charge on any atom is 0.0478 e. The van der Waals surface area contributed by atoms with E-state index in [0.29, 0.717) is 0 Å². The van der Waals surface area contributed by atoms with Crippen LogP contribution in [0, 0.1) is 0 Å². The summed E-state index contributed by atoms with van der Waals surface area (Å²) < 4.78 is 0. The first kappa shape index (κ1) is 10.7. The van der Waals surface area contributed by atoms with Crippen molar-refractivity contribution >= 4 is 0 Å². The quantitative estimate of drug-likeness (QED) is 0.769. The molecular weight excluding hydrogens is 194 g/mol. The minimum Gasteiger partial charge on any atom is -0.321 e. The highest BCUT2D eigenvalue weighted by Crippen LogP contribution is 2.22. The van der Waals surface area contributed by atoms with Crippen molar-refractivity contribution in [3.05, 3.63) is 72.8 Å². The predicted molar refractivity (Wildman–Crippen MR) is 69.0 cm³/mol. The molecule has 2 N–H and O–H groups in total. The van der Waals surface area contributed by atoms with Crippen LogP contribution in [0.3, 0.4) is 0 Å². The maximum absolute atomic E-state index is 5.92. The van der Waals surface area contributed by atoms with E-state index in [-0.39, 0.29) is 6.04 Å². The normalized spacial score (nSPS) is 12.1. The summed E-state index contributed by atoms with van der Waals surface area (Å²) in [5, 5.41) is 0. The topological polar surface area (TPSA) is 26.0 Å². The Kier molecular flexibility index (Phi) is 3.18. The third kappa shape index (κ3) is 2.20. The Morgan fingerprint density at radius 1 is 0.938 bits per heavy atom. The Balaban J connectivity index is 2.40. The summed E-state index contributed by atoms with van der Waals surface area (Å²) in [7, 11) is 0. The van der Waals surface area contributed by atoms with Gasteiger partial charge in [-0.1, -0.05) is 54.6 Å². The van der Waals surface area contributed by atoms with Crippen LogP contribution in [0.5, 0.6) is 0 Å². The van der Waals surface area contributed by atoms with E-state index in [0.717, 1.165) is 5.56 Å².